The lowest BCUT2D eigenvalue weighted by Gasteiger charge is -2.14. The van der Waals surface area contributed by atoms with Gasteiger partial charge in [0.25, 0.3) is 5.54 Å². The molecule has 2 saturated heterocycles. The maximum Gasteiger partial charge on any atom is 0.414 e. The van der Waals surface area contributed by atoms with Gasteiger partial charge in [-0.05, 0) is 23.8 Å². The van der Waals surface area contributed by atoms with Crippen molar-refractivity contribution in [1.82, 2.24) is 10.3 Å². The highest BCUT2D eigenvalue weighted by Crippen LogP contribution is 2.63. The van der Waals surface area contributed by atoms with Crippen molar-refractivity contribution in [2.24, 2.45) is 11.8 Å². The normalized spacial score (nSPS) is 28.6. The summed E-state index contributed by atoms with van der Waals surface area (Å²) in [6.07, 6.45) is 1.02. The maximum atomic E-state index is 12.2. The molecule has 2 aliphatic heterocycles. The largest absolute Gasteiger partial charge is 0.442 e. The van der Waals surface area contributed by atoms with Crippen LogP contribution in [0.1, 0.15) is 12.6 Å². The second-order valence-corrected chi connectivity index (χ2v) is 8.22. The lowest BCUT2D eigenvalue weighted by molar-refractivity contribution is -0.119. The molecule has 3 heterocycles. The summed E-state index contributed by atoms with van der Waals surface area (Å²) < 4.78 is 10.8. The summed E-state index contributed by atoms with van der Waals surface area (Å²) in [6, 6.07) is 11.6. The summed E-state index contributed by atoms with van der Waals surface area (Å²) in [5.74, 6) is 0.369. The molecular weight excluding hydrogens is 396 g/mol. The zero-order chi connectivity index (χ0) is 21.6. The number of ether oxygens (including phenoxy) is 2. The number of cyclic esters (lactones) is 1. The van der Waals surface area contributed by atoms with Gasteiger partial charge in [0.05, 0.1) is 38.1 Å². The van der Waals surface area contributed by atoms with Gasteiger partial charge < -0.3 is 19.6 Å². The van der Waals surface area contributed by atoms with Gasteiger partial charge in [-0.2, -0.15) is 0 Å². The monoisotopic (exact) mass is 418 g/mol. The molecule has 3 fully saturated rings. The molecule has 1 saturated carbocycles. The quantitative estimate of drug-likeness (QED) is 0.755. The highest BCUT2D eigenvalue weighted by Gasteiger charge is 2.77. The number of pyridine rings is 1. The van der Waals surface area contributed by atoms with Crippen molar-refractivity contribution in [1.29, 1.82) is 0 Å². The molecule has 8 heteroatoms. The number of aromatic nitrogens is 1. The van der Waals surface area contributed by atoms with Gasteiger partial charge >= 0.3 is 6.09 Å². The van der Waals surface area contributed by atoms with Crippen LogP contribution < -0.4 is 10.2 Å². The number of benzene rings is 1. The summed E-state index contributed by atoms with van der Waals surface area (Å²) in [7, 11) is 0. The molecule has 1 aliphatic carbocycles. The van der Waals surface area contributed by atoms with Gasteiger partial charge in [0, 0.05) is 24.4 Å². The van der Waals surface area contributed by atoms with E-state index in [0.29, 0.717) is 26.3 Å². The number of hydrogen-bond acceptors (Lipinski definition) is 5. The number of rotatable bonds is 5. The van der Waals surface area contributed by atoms with E-state index < -0.39 is 11.6 Å². The van der Waals surface area contributed by atoms with Crippen LogP contribution in [0, 0.1) is 18.4 Å². The number of carbonyl (C=O) groups is 2. The molecule has 2 amide bonds. The molecule has 1 aromatic heterocycles. The highest BCUT2D eigenvalue weighted by molar-refractivity contribution is 5.90. The summed E-state index contributed by atoms with van der Waals surface area (Å²) in [4.78, 5) is 33.3. The second-order valence-electron chi connectivity index (χ2n) is 8.22. The first kappa shape index (κ1) is 19.5. The summed E-state index contributed by atoms with van der Waals surface area (Å²) in [6.45, 7) is 11.1. The Kier molecular flexibility index (Phi) is 4.63. The third-order valence-electron chi connectivity index (χ3n) is 6.43. The van der Waals surface area contributed by atoms with E-state index >= 15 is 0 Å². The van der Waals surface area contributed by atoms with Gasteiger partial charge in [-0.15, -0.1) is 0 Å². The Morgan fingerprint density at radius 3 is 2.55 bits per heavy atom. The van der Waals surface area contributed by atoms with Crippen LogP contribution in [-0.4, -0.2) is 49.4 Å². The van der Waals surface area contributed by atoms with E-state index in [4.69, 9.17) is 16.0 Å². The SMILES string of the molecule is [C-]#[N+]C1(c2ccc(-c3ccc(N4C[C@H](CNC(C)=O)OC4=O)cc3)cn2)[C@@H]2COC[C@@H]21. The zero-order valence-electron chi connectivity index (χ0n) is 17.1. The van der Waals surface area contributed by atoms with Crippen LogP contribution >= 0.6 is 0 Å². The molecule has 5 rings (SSSR count). The van der Waals surface area contributed by atoms with E-state index in [1.54, 1.807) is 11.1 Å². The van der Waals surface area contributed by atoms with Crippen molar-refractivity contribution in [3.63, 3.8) is 0 Å². The van der Waals surface area contributed by atoms with Crippen molar-refractivity contribution in [3.05, 3.63) is 59.7 Å². The van der Waals surface area contributed by atoms with Crippen LogP contribution in [0.4, 0.5) is 10.5 Å². The van der Waals surface area contributed by atoms with Crippen LogP contribution in [0.2, 0.25) is 0 Å². The van der Waals surface area contributed by atoms with Gasteiger partial charge in [0.2, 0.25) is 5.91 Å². The first-order valence-corrected chi connectivity index (χ1v) is 10.3. The van der Waals surface area contributed by atoms with Crippen molar-refractivity contribution >= 4 is 17.7 Å². The fraction of sp³-hybridized carbons (Fsp3) is 0.391. The fourth-order valence-electron chi connectivity index (χ4n) is 4.66. The second kappa shape index (κ2) is 7.36. The molecule has 0 radical (unpaired) electrons. The Hall–Kier alpha value is -3.44. The third kappa shape index (κ3) is 3.22. The fourth-order valence-corrected chi connectivity index (χ4v) is 4.66. The van der Waals surface area contributed by atoms with Crippen LogP contribution in [-0.2, 0) is 19.8 Å². The number of nitrogens with one attached hydrogen (secondary N) is 1. The van der Waals surface area contributed by atoms with Gasteiger partial charge in [-0.25, -0.2) is 11.4 Å². The van der Waals surface area contributed by atoms with Crippen LogP contribution in [0.5, 0.6) is 0 Å². The molecule has 1 N–H and O–H groups in total. The number of amides is 2. The standard InChI is InChI=1S/C23H22N4O4/c1-14(28)25-10-18-11-27(22(29)31-18)17-6-3-15(4-7-17)16-5-8-21(26-9-16)23(24-2)19-12-30-13-20(19)23/h3-9,18-20H,10-13H2,1H3,(H,25,28)/t18-,19-,20+,23?/m0/s1. The first-order valence-electron chi connectivity index (χ1n) is 10.3. The number of hydrogen-bond donors (Lipinski definition) is 1. The van der Waals surface area contributed by atoms with E-state index in [0.717, 1.165) is 22.5 Å². The van der Waals surface area contributed by atoms with Crippen molar-refractivity contribution < 1.29 is 19.1 Å². The number of nitrogens with zero attached hydrogens (tertiary/aromatic N) is 3. The van der Waals surface area contributed by atoms with E-state index in [1.165, 1.54) is 6.92 Å². The Bertz CT molecular complexity index is 1050. The minimum atomic E-state index is -0.509. The molecule has 158 valence electrons. The molecule has 0 bridgehead atoms. The summed E-state index contributed by atoms with van der Waals surface area (Å²) in [5.41, 5.74) is 2.98. The Balaban J connectivity index is 1.28. The predicted octanol–water partition coefficient (Wildman–Crippen LogP) is 2.60. The number of anilines is 1. The van der Waals surface area contributed by atoms with Gasteiger partial charge in [0.15, 0.2) is 0 Å². The first-order chi connectivity index (χ1) is 15.0. The lowest BCUT2D eigenvalue weighted by atomic mass is 10.0. The molecule has 4 atom stereocenters. The molecule has 3 aliphatic rings. The Labute approximate surface area is 180 Å². The van der Waals surface area contributed by atoms with Crippen LogP contribution in [0.3, 0.4) is 0 Å². The molecule has 0 spiro atoms. The van der Waals surface area contributed by atoms with Crippen molar-refractivity contribution in [3.8, 4) is 11.1 Å². The van der Waals surface area contributed by atoms with Crippen molar-refractivity contribution in [2.45, 2.75) is 18.6 Å². The topological polar surface area (TPSA) is 85.1 Å². The minimum absolute atomic E-state index is 0.154. The summed E-state index contributed by atoms with van der Waals surface area (Å²) >= 11 is 0. The van der Waals surface area contributed by atoms with Gasteiger partial charge in [-0.3, -0.25) is 14.7 Å². The Morgan fingerprint density at radius 2 is 1.94 bits per heavy atom. The van der Waals surface area contributed by atoms with Gasteiger partial charge in [-0.1, -0.05) is 18.2 Å². The molecule has 8 nitrogen and oxygen atoms in total. The third-order valence-corrected chi connectivity index (χ3v) is 6.43. The average molecular weight is 418 g/mol. The van der Waals surface area contributed by atoms with E-state index in [-0.39, 0.29) is 23.8 Å². The molecular formula is C23H22N4O4. The van der Waals surface area contributed by atoms with Crippen molar-refractivity contribution in [2.75, 3.05) is 31.2 Å². The number of fused-ring (bicyclic) bond motifs is 1. The van der Waals surface area contributed by atoms with E-state index in [9.17, 15) is 9.59 Å². The lowest BCUT2D eigenvalue weighted by Crippen LogP contribution is -2.33. The van der Waals surface area contributed by atoms with E-state index in [1.807, 2.05) is 36.4 Å². The predicted molar refractivity (Wildman–Crippen MR) is 112 cm³/mol. The van der Waals surface area contributed by atoms with Crippen LogP contribution in [0.25, 0.3) is 16.0 Å². The van der Waals surface area contributed by atoms with Gasteiger partial charge in [0.1, 0.15) is 11.8 Å². The summed E-state index contributed by atoms with van der Waals surface area (Å²) in [5, 5.41) is 2.67. The molecule has 1 unspecified atom stereocenters. The zero-order valence-corrected chi connectivity index (χ0v) is 17.1. The molecule has 31 heavy (non-hydrogen) atoms. The molecule has 1 aromatic carbocycles. The van der Waals surface area contributed by atoms with E-state index in [2.05, 4.69) is 15.1 Å². The molecule has 2 aromatic rings. The maximum absolute atomic E-state index is 12.2. The highest BCUT2D eigenvalue weighted by atomic mass is 16.6. The smallest absolute Gasteiger partial charge is 0.414 e. The Morgan fingerprint density at radius 1 is 1.23 bits per heavy atom. The minimum Gasteiger partial charge on any atom is -0.442 e. The van der Waals surface area contributed by atoms with Crippen LogP contribution in [0.15, 0.2) is 42.6 Å². The number of carbonyl (C=O) groups excluding carboxylic acids is 2. The average Bonchev–Trinajstić information content (AvgIpc) is 3.09.